The van der Waals surface area contributed by atoms with Gasteiger partial charge in [0.1, 0.15) is 12.1 Å². The number of nitrogens with zero attached hydrogens (tertiary/aromatic N) is 1. The number of carbonyl (C=O) groups is 1. The minimum Gasteiger partial charge on any atom is -0.317 e. The van der Waals surface area contributed by atoms with Gasteiger partial charge in [-0.1, -0.05) is 54.6 Å². The van der Waals surface area contributed by atoms with Crippen LogP contribution in [0.3, 0.4) is 0 Å². The van der Waals surface area contributed by atoms with Crippen LogP contribution in [0.5, 0.6) is 0 Å². The predicted octanol–water partition coefficient (Wildman–Crippen LogP) is 5.04. The fourth-order valence-electron chi connectivity index (χ4n) is 3.64. The van der Waals surface area contributed by atoms with Gasteiger partial charge in [-0.25, -0.2) is 9.22 Å². The fourth-order valence-corrected chi connectivity index (χ4v) is 4.16. The van der Waals surface area contributed by atoms with Crippen LogP contribution in [0.1, 0.15) is 34.3 Å². The SMILES string of the molecule is CNCc1ccc(F)cc1.O=Cc1ccc(SN/N=C(\c2ccccc2)C2CCNCC2)cc1. The summed E-state index contributed by atoms with van der Waals surface area (Å²) in [6.07, 6.45) is 3.06. The van der Waals surface area contributed by atoms with Crippen molar-refractivity contribution in [3.63, 3.8) is 0 Å². The van der Waals surface area contributed by atoms with Crippen molar-refractivity contribution in [2.24, 2.45) is 11.0 Å². The summed E-state index contributed by atoms with van der Waals surface area (Å²) in [5.74, 6) is 0.291. The lowest BCUT2D eigenvalue weighted by Crippen LogP contribution is -2.32. The smallest absolute Gasteiger partial charge is 0.150 e. The number of benzene rings is 3. The maximum atomic E-state index is 12.3. The molecular weight excluding hydrogens is 447 g/mol. The van der Waals surface area contributed by atoms with E-state index in [4.69, 9.17) is 0 Å². The minimum absolute atomic E-state index is 0.181. The van der Waals surface area contributed by atoms with Crippen LogP contribution in [-0.4, -0.2) is 32.1 Å². The van der Waals surface area contributed by atoms with E-state index in [0.717, 1.165) is 54.9 Å². The molecule has 7 heteroatoms. The Kier molecular flexibility index (Phi) is 10.8. The van der Waals surface area contributed by atoms with Gasteiger partial charge in [-0.2, -0.15) is 5.10 Å². The number of aldehydes is 1. The maximum absolute atomic E-state index is 12.3. The van der Waals surface area contributed by atoms with Crippen LogP contribution in [0.25, 0.3) is 0 Å². The molecule has 1 aliphatic heterocycles. The van der Waals surface area contributed by atoms with E-state index in [1.54, 1.807) is 12.1 Å². The number of hydrogen-bond acceptors (Lipinski definition) is 6. The van der Waals surface area contributed by atoms with Gasteiger partial charge in [0.25, 0.3) is 0 Å². The van der Waals surface area contributed by atoms with Crippen LogP contribution in [0, 0.1) is 11.7 Å². The van der Waals surface area contributed by atoms with Gasteiger partial charge in [-0.15, -0.1) is 0 Å². The van der Waals surface area contributed by atoms with E-state index >= 15 is 0 Å². The summed E-state index contributed by atoms with van der Waals surface area (Å²) in [7, 11) is 1.86. The highest BCUT2D eigenvalue weighted by Crippen LogP contribution is 2.20. The summed E-state index contributed by atoms with van der Waals surface area (Å²) in [5, 5.41) is 11.1. The molecule has 3 N–H and O–H groups in total. The topological polar surface area (TPSA) is 65.5 Å². The van der Waals surface area contributed by atoms with Crippen LogP contribution in [0.15, 0.2) is 88.9 Å². The van der Waals surface area contributed by atoms with E-state index in [1.807, 2.05) is 37.4 Å². The molecule has 0 radical (unpaired) electrons. The summed E-state index contributed by atoms with van der Waals surface area (Å²) in [6, 6.07) is 24.3. The molecule has 0 unspecified atom stereocenters. The van der Waals surface area contributed by atoms with Crippen molar-refractivity contribution in [3.8, 4) is 0 Å². The Hall–Kier alpha value is -3.00. The van der Waals surface area contributed by atoms with Gasteiger partial charge in [0.05, 0.1) is 5.71 Å². The van der Waals surface area contributed by atoms with Gasteiger partial charge < -0.3 is 10.6 Å². The van der Waals surface area contributed by atoms with Gasteiger partial charge in [-0.3, -0.25) is 4.79 Å². The van der Waals surface area contributed by atoms with Crippen molar-refractivity contribution in [1.29, 1.82) is 0 Å². The van der Waals surface area contributed by atoms with Gasteiger partial charge >= 0.3 is 0 Å². The zero-order chi connectivity index (χ0) is 24.0. The van der Waals surface area contributed by atoms with E-state index in [9.17, 15) is 9.18 Å². The van der Waals surface area contributed by atoms with Crippen molar-refractivity contribution < 1.29 is 9.18 Å². The summed E-state index contributed by atoms with van der Waals surface area (Å²) >= 11 is 1.46. The molecule has 3 aromatic carbocycles. The number of nitrogens with one attached hydrogen (secondary N) is 3. The van der Waals surface area contributed by atoms with E-state index < -0.39 is 0 Å². The molecule has 5 nitrogen and oxygen atoms in total. The molecular formula is C27H31FN4OS. The van der Waals surface area contributed by atoms with Crippen molar-refractivity contribution in [2.45, 2.75) is 24.3 Å². The Morgan fingerprint density at radius 2 is 1.71 bits per heavy atom. The lowest BCUT2D eigenvalue weighted by molar-refractivity contribution is 0.112. The molecule has 0 atom stereocenters. The molecule has 1 aliphatic rings. The largest absolute Gasteiger partial charge is 0.317 e. The van der Waals surface area contributed by atoms with E-state index in [2.05, 4.69) is 44.8 Å². The second-order valence-corrected chi connectivity index (χ2v) is 8.78. The minimum atomic E-state index is -0.181. The summed E-state index contributed by atoms with van der Waals surface area (Å²) in [6.45, 7) is 2.87. The van der Waals surface area contributed by atoms with E-state index in [1.165, 1.54) is 29.6 Å². The Labute approximate surface area is 205 Å². The van der Waals surface area contributed by atoms with Crippen LogP contribution in [0.4, 0.5) is 4.39 Å². The third kappa shape index (κ3) is 8.41. The fraction of sp³-hybridized carbons (Fsp3) is 0.259. The lowest BCUT2D eigenvalue weighted by atomic mass is 9.89. The third-order valence-electron chi connectivity index (χ3n) is 5.44. The average molecular weight is 479 g/mol. The molecule has 0 amide bonds. The first kappa shape index (κ1) is 25.6. The van der Waals surface area contributed by atoms with Gasteiger partial charge in [0.2, 0.25) is 0 Å². The first-order chi connectivity index (χ1) is 16.7. The van der Waals surface area contributed by atoms with Crippen molar-refractivity contribution >= 4 is 23.9 Å². The summed E-state index contributed by atoms with van der Waals surface area (Å²) in [5.41, 5.74) is 4.08. The van der Waals surface area contributed by atoms with Gasteiger partial charge in [0, 0.05) is 34.9 Å². The van der Waals surface area contributed by atoms with Crippen LogP contribution >= 0.6 is 11.9 Å². The second-order valence-electron chi connectivity index (χ2n) is 7.92. The second kappa shape index (κ2) is 14.3. The van der Waals surface area contributed by atoms with Crippen LogP contribution < -0.4 is 15.5 Å². The number of piperidine rings is 1. The molecule has 0 aromatic heterocycles. The monoisotopic (exact) mass is 478 g/mol. The van der Waals surface area contributed by atoms with Crippen molar-refractivity contribution in [3.05, 3.63) is 101 Å². The molecule has 34 heavy (non-hydrogen) atoms. The lowest BCUT2D eigenvalue weighted by Gasteiger charge is -2.24. The number of hydrogen-bond donors (Lipinski definition) is 3. The zero-order valence-electron chi connectivity index (χ0n) is 19.3. The highest BCUT2D eigenvalue weighted by Gasteiger charge is 2.20. The Bertz CT molecular complexity index is 1020. The quantitative estimate of drug-likeness (QED) is 0.183. The third-order valence-corrected chi connectivity index (χ3v) is 6.13. The molecule has 1 fully saturated rings. The molecule has 0 saturated carbocycles. The number of halogens is 1. The van der Waals surface area contributed by atoms with Crippen molar-refractivity contribution in [2.75, 3.05) is 20.1 Å². The predicted molar refractivity (Wildman–Crippen MR) is 139 cm³/mol. The first-order valence-electron chi connectivity index (χ1n) is 11.4. The molecule has 3 aromatic rings. The molecule has 0 bridgehead atoms. The Balaban J connectivity index is 0.000000271. The Morgan fingerprint density at radius 3 is 2.32 bits per heavy atom. The molecule has 4 rings (SSSR count). The zero-order valence-corrected chi connectivity index (χ0v) is 20.2. The molecule has 0 aliphatic carbocycles. The number of hydrazone groups is 1. The number of rotatable bonds is 8. The first-order valence-corrected chi connectivity index (χ1v) is 12.2. The average Bonchev–Trinajstić information content (AvgIpc) is 2.90. The molecule has 178 valence electrons. The molecule has 1 saturated heterocycles. The maximum Gasteiger partial charge on any atom is 0.150 e. The summed E-state index contributed by atoms with van der Waals surface area (Å²) in [4.78, 5) is 14.9. The van der Waals surface area contributed by atoms with E-state index in [0.29, 0.717) is 11.5 Å². The molecule has 1 heterocycles. The molecule has 0 spiro atoms. The van der Waals surface area contributed by atoms with Gasteiger partial charge in [-0.05, 0) is 68.4 Å². The van der Waals surface area contributed by atoms with Crippen molar-refractivity contribution in [1.82, 2.24) is 15.5 Å². The van der Waals surface area contributed by atoms with E-state index in [-0.39, 0.29) is 5.82 Å². The Morgan fingerprint density at radius 1 is 1.03 bits per heavy atom. The highest BCUT2D eigenvalue weighted by atomic mass is 32.2. The standard InChI is InChI=1S/C19H21N3OS.C8H10FN/c23-14-15-6-8-18(9-7-15)24-22-21-19(16-4-2-1-3-5-16)17-10-12-20-13-11-17;1-10-6-7-2-4-8(9)5-3-7/h1-9,14,17,20,22H,10-13H2;2-5,10H,6H2,1H3/b21-19+;. The highest BCUT2D eigenvalue weighted by molar-refractivity contribution is 7.97. The normalized spacial score (nSPS) is 14.1. The van der Waals surface area contributed by atoms with Crippen LogP contribution in [0.2, 0.25) is 0 Å². The summed E-state index contributed by atoms with van der Waals surface area (Å²) < 4.78 is 12.3. The number of carbonyl (C=O) groups excluding carboxylic acids is 1. The van der Waals surface area contributed by atoms with Crippen LogP contribution in [-0.2, 0) is 6.54 Å². The van der Waals surface area contributed by atoms with Gasteiger partial charge in [0.15, 0.2) is 0 Å².